The molecule has 1 amide bonds. The zero-order valence-corrected chi connectivity index (χ0v) is 14.5. The third-order valence-electron chi connectivity index (χ3n) is 3.68. The summed E-state index contributed by atoms with van der Waals surface area (Å²) in [5, 5.41) is 0.584. The summed E-state index contributed by atoms with van der Waals surface area (Å²) in [6, 6.07) is 18.7. The van der Waals surface area contributed by atoms with Crippen molar-refractivity contribution in [2.45, 2.75) is 0 Å². The van der Waals surface area contributed by atoms with Gasteiger partial charge in [-0.2, -0.15) is 0 Å². The van der Waals surface area contributed by atoms with Crippen molar-refractivity contribution >= 4 is 40.4 Å². The number of carbonyl (C=O) groups excluding carboxylic acids is 1. The number of hydrogen-bond acceptors (Lipinski definition) is 5. The van der Waals surface area contributed by atoms with Crippen molar-refractivity contribution in [3.8, 4) is 0 Å². The van der Waals surface area contributed by atoms with E-state index in [2.05, 4.69) is 15.0 Å². The number of aromatic nitrogens is 2. The van der Waals surface area contributed by atoms with Gasteiger partial charge in [-0.15, -0.1) is 0 Å². The number of anilines is 1. The van der Waals surface area contributed by atoms with Crippen molar-refractivity contribution in [1.29, 1.82) is 0 Å². The molecule has 4 rings (SSSR count). The smallest absolute Gasteiger partial charge is 0.268 e. The Morgan fingerprint density at radius 1 is 0.923 bits per heavy atom. The molecule has 6 heteroatoms. The topological polar surface area (TPSA) is 58.5 Å². The first kappa shape index (κ1) is 16.2. The largest absolute Gasteiger partial charge is 0.271 e. The van der Waals surface area contributed by atoms with Gasteiger partial charge in [0.05, 0.1) is 10.6 Å². The van der Waals surface area contributed by atoms with Gasteiger partial charge in [-0.25, -0.2) is 9.98 Å². The molecule has 1 aliphatic heterocycles. The number of aliphatic imine (C=N–C) groups is 1. The Morgan fingerprint density at radius 2 is 1.69 bits per heavy atom. The van der Waals surface area contributed by atoms with Crippen LogP contribution in [0.5, 0.6) is 0 Å². The Labute approximate surface area is 155 Å². The van der Waals surface area contributed by atoms with E-state index < -0.39 is 0 Å². The van der Waals surface area contributed by atoms with Crippen LogP contribution >= 0.6 is 11.8 Å². The van der Waals surface area contributed by atoms with Crippen LogP contribution in [0.3, 0.4) is 0 Å². The van der Waals surface area contributed by atoms with Gasteiger partial charge in [-0.1, -0.05) is 24.3 Å². The molecule has 0 aliphatic carbocycles. The summed E-state index contributed by atoms with van der Waals surface area (Å²) in [7, 11) is 0. The maximum Gasteiger partial charge on any atom is 0.271 e. The fourth-order valence-electron chi connectivity index (χ4n) is 2.48. The summed E-state index contributed by atoms with van der Waals surface area (Å²) < 4.78 is 0. The Bertz CT molecular complexity index is 972. The van der Waals surface area contributed by atoms with E-state index >= 15 is 0 Å². The minimum Gasteiger partial charge on any atom is -0.268 e. The molecular weight excluding hydrogens is 344 g/mol. The second-order valence-electron chi connectivity index (χ2n) is 5.45. The third-order valence-corrected chi connectivity index (χ3v) is 4.65. The molecule has 26 heavy (non-hydrogen) atoms. The molecule has 1 fully saturated rings. The average molecular weight is 358 g/mol. The summed E-state index contributed by atoms with van der Waals surface area (Å²) in [4.78, 5) is 28.1. The molecule has 126 valence electrons. The molecule has 3 heterocycles. The molecule has 5 nitrogen and oxygen atoms in total. The van der Waals surface area contributed by atoms with Crippen LogP contribution in [-0.4, -0.2) is 21.0 Å². The van der Waals surface area contributed by atoms with Gasteiger partial charge >= 0.3 is 0 Å². The van der Waals surface area contributed by atoms with Gasteiger partial charge < -0.3 is 0 Å². The molecule has 0 unspecified atom stereocenters. The summed E-state index contributed by atoms with van der Waals surface area (Å²) in [6.07, 6.45) is 6.94. The van der Waals surface area contributed by atoms with E-state index in [1.54, 1.807) is 23.5 Å². The van der Waals surface area contributed by atoms with E-state index in [9.17, 15) is 4.79 Å². The van der Waals surface area contributed by atoms with Crippen LogP contribution in [0.2, 0.25) is 0 Å². The first-order valence-electron chi connectivity index (χ1n) is 8.00. The number of para-hydroxylation sites is 1. The number of amidine groups is 1. The normalized spacial score (nSPS) is 17.2. The predicted octanol–water partition coefficient (Wildman–Crippen LogP) is 4.29. The van der Waals surface area contributed by atoms with Gasteiger partial charge in [0.15, 0.2) is 11.0 Å². The second-order valence-corrected chi connectivity index (χ2v) is 6.46. The van der Waals surface area contributed by atoms with Crippen LogP contribution in [-0.2, 0) is 4.79 Å². The molecule has 3 aromatic rings. The molecule has 0 bridgehead atoms. The number of hydrogen-bond donors (Lipinski definition) is 0. The molecule has 0 saturated carbocycles. The Morgan fingerprint density at radius 3 is 2.42 bits per heavy atom. The second kappa shape index (κ2) is 7.33. The van der Waals surface area contributed by atoms with Crippen LogP contribution in [0.15, 0.2) is 89.2 Å². The van der Waals surface area contributed by atoms with Crippen LogP contribution < -0.4 is 4.90 Å². The first-order valence-corrected chi connectivity index (χ1v) is 8.82. The van der Waals surface area contributed by atoms with E-state index in [0.29, 0.717) is 15.9 Å². The van der Waals surface area contributed by atoms with Gasteiger partial charge in [-0.05, 0) is 59.8 Å². The zero-order valence-electron chi connectivity index (χ0n) is 13.7. The summed E-state index contributed by atoms with van der Waals surface area (Å²) in [5.74, 6) is 0.460. The number of carbonyl (C=O) groups is 1. The summed E-state index contributed by atoms with van der Waals surface area (Å²) >= 11 is 1.34. The Hall–Kier alpha value is -3.25. The lowest BCUT2D eigenvalue weighted by Crippen LogP contribution is -2.28. The van der Waals surface area contributed by atoms with Crippen molar-refractivity contribution in [2.24, 2.45) is 4.99 Å². The average Bonchev–Trinajstić information content (AvgIpc) is 2.99. The fourth-order valence-corrected chi connectivity index (χ4v) is 3.47. The molecule has 1 aromatic carbocycles. The minimum atomic E-state index is -0.104. The van der Waals surface area contributed by atoms with Gasteiger partial charge in [0.2, 0.25) is 0 Å². The highest BCUT2D eigenvalue weighted by molar-refractivity contribution is 8.19. The maximum atomic E-state index is 13.0. The van der Waals surface area contributed by atoms with E-state index in [0.717, 1.165) is 11.3 Å². The summed E-state index contributed by atoms with van der Waals surface area (Å²) in [5.41, 5.74) is 1.70. The highest BCUT2D eigenvalue weighted by Crippen LogP contribution is 2.36. The molecule has 2 aromatic heterocycles. The first-order chi connectivity index (χ1) is 12.8. The van der Waals surface area contributed by atoms with E-state index in [1.165, 1.54) is 11.8 Å². The molecule has 1 saturated heterocycles. The van der Waals surface area contributed by atoms with Gasteiger partial charge in [0.25, 0.3) is 5.91 Å². The van der Waals surface area contributed by atoms with Crippen LogP contribution in [0.1, 0.15) is 5.56 Å². The number of rotatable bonds is 3. The van der Waals surface area contributed by atoms with Crippen molar-refractivity contribution in [3.63, 3.8) is 0 Å². The number of pyridine rings is 2. The highest BCUT2D eigenvalue weighted by Gasteiger charge is 2.34. The Balaban J connectivity index is 1.77. The van der Waals surface area contributed by atoms with Crippen LogP contribution in [0.4, 0.5) is 11.5 Å². The Kier molecular flexibility index (Phi) is 4.57. The maximum absolute atomic E-state index is 13.0. The number of nitrogens with zero attached hydrogens (tertiary/aromatic N) is 4. The van der Waals surface area contributed by atoms with Crippen molar-refractivity contribution in [2.75, 3.05) is 4.90 Å². The molecule has 0 N–H and O–H groups in total. The third kappa shape index (κ3) is 3.41. The van der Waals surface area contributed by atoms with Gasteiger partial charge in [0.1, 0.15) is 0 Å². The lowest BCUT2D eigenvalue weighted by atomic mass is 10.2. The predicted molar refractivity (Wildman–Crippen MR) is 105 cm³/mol. The molecule has 0 radical (unpaired) electrons. The molecule has 0 atom stereocenters. The van der Waals surface area contributed by atoms with Gasteiger partial charge in [-0.3, -0.25) is 14.7 Å². The van der Waals surface area contributed by atoms with Crippen molar-refractivity contribution < 1.29 is 4.79 Å². The number of benzene rings is 1. The standard InChI is InChI=1S/C20H14N4OS/c25-19-17(14-15-9-12-21-13-10-15)26-20(23-18-8-4-5-11-22-18)24(19)16-6-2-1-3-7-16/h1-14H/b17-14-,23-20+. The molecule has 0 spiro atoms. The van der Waals surface area contributed by atoms with Crippen molar-refractivity contribution in [1.82, 2.24) is 9.97 Å². The lowest BCUT2D eigenvalue weighted by molar-refractivity contribution is -0.113. The van der Waals surface area contributed by atoms with Crippen molar-refractivity contribution in [3.05, 3.63) is 89.7 Å². The molecular formula is C20H14N4OS. The monoisotopic (exact) mass is 358 g/mol. The molecule has 1 aliphatic rings. The van der Waals surface area contributed by atoms with E-state index in [1.807, 2.05) is 66.7 Å². The summed E-state index contributed by atoms with van der Waals surface area (Å²) in [6.45, 7) is 0. The number of amides is 1. The van der Waals surface area contributed by atoms with Crippen LogP contribution in [0, 0.1) is 0 Å². The quantitative estimate of drug-likeness (QED) is 0.656. The van der Waals surface area contributed by atoms with E-state index in [-0.39, 0.29) is 5.91 Å². The number of thioether (sulfide) groups is 1. The SMILES string of the molecule is O=C1/C(=C/c2ccncc2)S/C(=N/c2ccccn2)N1c1ccccc1. The van der Waals surface area contributed by atoms with E-state index in [4.69, 9.17) is 0 Å². The fraction of sp³-hybridized carbons (Fsp3) is 0. The van der Waals surface area contributed by atoms with Gasteiger partial charge in [0, 0.05) is 18.6 Å². The minimum absolute atomic E-state index is 0.104. The lowest BCUT2D eigenvalue weighted by Gasteiger charge is -2.15. The zero-order chi connectivity index (χ0) is 17.8. The van der Waals surface area contributed by atoms with Crippen LogP contribution in [0.25, 0.3) is 6.08 Å². The highest BCUT2D eigenvalue weighted by atomic mass is 32.2.